The first-order valence-corrected chi connectivity index (χ1v) is 2.20. The van der Waals surface area contributed by atoms with Crippen LogP contribution >= 0.6 is 0 Å². The molecule has 0 unspecified atom stereocenters. The Hall–Kier alpha value is -0.0800. The zero-order chi connectivity index (χ0) is 4.41. The molecule has 0 N–H and O–H groups in total. The molecule has 2 radical (unpaired) electrons. The summed E-state index contributed by atoms with van der Waals surface area (Å²) in [5.41, 5.74) is 0. The van der Waals surface area contributed by atoms with Gasteiger partial charge in [0.15, 0.2) is 0 Å². The Kier molecular flexibility index (Phi) is 1.08. The molecule has 1 fully saturated rings. The fourth-order valence-electron chi connectivity index (χ4n) is 0.390. The molecule has 2 heteroatoms. The highest BCUT2D eigenvalue weighted by molar-refractivity contribution is 4.71. The minimum atomic E-state index is 0.542. The lowest BCUT2D eigenvalue weighted by Gasteiger charge is -1.82. The maximum absolute atomic E-state index is 7.78. The van der Waals surface area contributed by atoms with Gasteiger partial charge in [0.2, 0.25) is 0 Å². The van der Waals surface area contributed by atoms with E-state index in [1.165, 1.54) is 12.8 Å². The van der Waals surface area contributed by atoms with E-state index in [2.05, 4.69) is 4.84 Å². The lowest BCUT2D eigenvalue weighted by molar-refractivity contribution is 0.109. The third-order valence-electron chi connectivity index (χ3n) is 1.01. The molecular weight excluding hydrogens is 78.0 g/mol. The van der Waals surface area contributed by atoms with E-state index >= 15 is 0 Å². The first-order chi connectivity index (χ1) is 2.93. The Balaban J connectivity index is 1.88. The van der Waals surface area contributed by atoms with E-state index in [0.29, 0.717) is 12.5 Å². The number of hydrogen-bond donors (Lipinski definition) is 0. The molecule has 0 atom stereocenters. The molecule has 0 spiro atoms. The van der Waals surface area contributed by atoms with E-state index in [4.69, 9.17) is 5.90 Å². The summed E-state index contributed by atoms with van der Waals surface area (Å²) >= 11 is 0. The van der Waals surface area contributed by atoms with Crippen molar-refractivity contribution in [2.24, 2.45) is 5.92 Å². The van der Waals surface area contributed by atoms with E-state index < -0.39 is 0 Å². The van der Waals surface area contributed by atoms with Gasteiger partial charge in [0, 0.05) is 5.90 Å². The molecule has 0 aromatic rings. The van der Waals surface area contributed by atoms with E-state index in [-0.39, 0.29) is 0 Å². The molecule has 1 aliphatic carbocycles. The van der Waals surface area contributed by atoms with Crippen molar-refractivity contribution in [3.05, 3.63) is 0 Å². The van der Waals surface area contributed by atoms with Gasteiger partial charge in [-0.3, -0.25) is 4.84 Å². The first-order valence-electron chi connectivity index (χ1n) is 2.20. The number of hydrogen-bond acceptors (Lipinski definition) is 1. The maximum Gasteiger partial charge on any atom is 0.0748 e. The highest BCUT2D eigenvalue weighted by Crippen LogP contribution is 2.28. The third kappa shape index (κ3) is 0.954. The van der Waals surface area contributed by atoms with Crippen LogP contribution in [0.4, 0.5) is 0 Å². The lowest BCUT2D eigenvalue weighted by atomic mass is 10.5. The third-order valence-corrected chi connectivity index (χ3v) is 1.01. The van der Waals surface area contributed by atoms with Crippen molar-refractivity contribution in [2.45, 2.75) is 12.8 Å². The average Bonchev–Trinajstić information content (AvgIpc) is 2.21. The van der Waals surface area contributed by atoms with Crippen LogP contribution in [0.25, 0.3) is 0 Å². The van der Waals surface area contributed by atoms with Crippen molar-refractivity contribution in [1.82, 2.24) is 5.90 Å². The van der Waals surface area contributed by atoms with Gasteiger partial charge >= 0.3 is 0 Å². The molecule has 1 rings (SSSR count). The molecule has 0 aromatic carbocycles. The predicted octanol–water partition coefficient (Wildman–Crippen LogP) is 0.397. The fourth-order valence-corrected chi connectivity index (χ4v) is 0.390. The van der Waals surface area contributed by atoms with Crippen molar-refractivity contribution in [1.29, 1.82) is 0 Å². The molecule has 34 valence electrons. The van der Waals surface area contributed by atoms with Crippen LogP contribution in [0.2, 0.25) is 0 Å². The quantitative estimate of drug-likeness (QED) is 0.446. The Morgan fingerprint density at radius 2 is 2.33 bits per heavy atom. The van der Waals surface area contributed by atoms with Crippen LogP contribution in [0, 0.1) is 5.92 Å². The average molecular weight is 85.1 g/mol. The van der Waals surface area contributed by atoms with E-state index in [9.17, 15) is 0 Å². The molecule has 0 aromatic heterocycles. The minimum absolute atomic E-state index is 0.542. The topological polar surface area (TPSA) is 31.5 Å². The molecule has 1 aliphatic rings. The largest absolute Gasteiger partial charge is 0.263 e. The molecule has 2 nitrogen and oxygen atoms in total. The van der Waals surface area contributed by atoms with Crippen LogP contribution in [0.1, 0.15) is 12.8 Å². The van der Waals surface area contributed by atoms with Crippen LogP contribution in [0.3, 0.4) is 0 Å². The van der Waals surface area contributed by atoms with Gasteiger partial charge in [-0.1, -0.05) is 0 Å². The Bertz CT molecular complexity index is 42.8. The summed E-state index contributed by atoms with van der Waals surface area (Å²) in [4.78, 5) is 3.87. The highest BCUT2D eigenvalue weighted by Gasteiger charge is 2.20. The summed E-state index contributed by atoms with van der Waals surface area (Å²) in [6.45, 7) is 0.542. The summed E-state index contributed by atoms with van der Waals surface area (Å²) in [5.74, 6) is 8.45. The number of nitrogens with zero attached hydrogens (tertiary/aromatic N) is 1. The van der Waals surface area contributed by atoms with Crippen LogP contribution in [0.15, 0.2) is 0 Å². The molecule has 6 heavy (non-hydrogen) atoms. The molecule has 0 saturated heterocycles. The fraction of sp³-hybridized carbons (Fsp3) is 1.00. The van der Waals surface area contributed by atoms with Gasteiger partial charge in [0.05, 0.1) is 6.61 Å². The molecule has 0 heterocycles. The van der Waals surface area contributed by atoms with Gasteiger partial charge in [0.1, 0.15) is 0 Å². The SMILES string of the molecule is [N]OCC1CC1. The molecule has 0 aliphatic heterocycles. The van der Waals surface area contributed by atoms with Crippen molar-refractivity contribution in [3.63, 3.8) is 0 Å². The van der Waals surface area contributed by atoms with Crippen molar-refractivity contribution in [3.8, 4) is 0 Å². The number of rotatable bonds is 2. The zero-order valence-electron chi connectivity index (χ0n) is 3.55. The van der Waals surface area contributed by atoms with Crippen molar-refractivity contribution < 1.29 is 4.84 Å². The van der Waals surface area contributed by atoms with Gasteiger partial charge in [-0.05, 0) is 18.8 Å². The van der Waals surface area contributed by atoms with Crippen molar-refractivity contribution >= 4 is 0 Å². The van der Waals surface area contributed by atoms with E-state index in [1.54, 1.807) is 0 Å². The van der Waals surface area contributed by atoms with Crippen LogP contribution in [-0.2, 0) is 4.84 Å². The Morgan fingerprint density at radius 3 is 2.50 bits per heavy atom. The molecule has 0 bridgehead atoms. The van der Waals surface area contributed by atoms with Crippen LogP contribution < -0.4 is 5.90 Å². The van der Waals surface area contributed by atoms with Crippen LogP contribution in [0.5, 0.6) is 0 Å². The predicted molar refractivity (Wildman–Crippen MR) is 20.8 cm³/mol. The summed E-state index contributed by atoms with van der Waals surface area (Å²) in [7, 11) is 0. The monoisotopic (exact) mass is 85.1 g/mol. The molecule has 0 amide bonds. The van der Waals surface area contributed by atoms with Crippen LogP contribution in [-0.4, -0.2) is 6.61 Å². The van der Waals surface area contributed by atoms with Gasteiger partial charge < -0.3 is 0 Å². The summed E-state index contributed by atoms with van der Waals surface area (Å²) in [5, 5.41) is 0. The zero-order valence-corrected chi connectivity index (χ0v) is 3.55. The van der Waals surface area contributed by atoms with Gasteiger partial charge in [0.25, 0.3) is 0 Å². The smallest absolute Gasteiger partial charge is 0.0748 e. The van der Waals surface area contributed by atoms with Gasteiger partial charge in [-0.15, -0.1) is 0 Å². The minimum Gasteiger partial charge on any atom is -0.263 e. The second-order valence-electron chi connectivity index (χ2n) is 1.74. The second-order valence-corrected chi connectivity index (χ2v) is 1.74. The first kappa shape index (κ1) is 4.09. The summed E-state index contributed by atoms with van der Waals surface area (Å²) in [6, 6.07) is 0. The standard InChI is InChI=1S/C4H7NO/c5-6-3-4-1-2-4/h4H,1-3H2. The van der Waals surface area contributed by atoms with E-state index in [1.807, 2.05) is 0 Å². The van der Waals surface area contributed by atoms with Crippen molar-refractivity contribution in [2.75, 3.05) is 6.61 Å². The van der Waals surface area contributed by atoms with E-state index in [0.717, 1.165) is 0 Å². The normalized spacial score (nSPS) is 21.5. The molecule has 1 saturated carbocycles. The summed E-state index contributed by atoms with van der Waals surface area (Å²) < 4.78 is 0. The second kappa shape index (κ2) is 1.58. The maximum atomic E-state index is 7.78. The summed E-state index contributed by atoms with van der Waals surface area (Å²) in [6.07, 6.45) is 2.47. The Labute approximate surface area is 37.2 Å². The Morgan fingerprint density at radius 1 is 1.67 bits per heavy atom. The highest BCUT2D eigenvalue weighted by atomic mass is 16.6. The lowest BCUT2D eigenvalue weighted by Crippen LogP contribution is -1.90. The van der Waals surface area contributed by atoms with Gasteiger partial charge in [-0.25, -0.2) is 0 Å². The van der Waals surface area contributed by atoms with Gasteiger partial charge in [-0.2, -0.15) is 0 Å². The molecular formula is C4H7NO.